The first-order valence-corrected chi connectivity index (χ1v) is 5.61. The van der Waals surface area contributed by atoms with Crippen LogP contribution in [0.1, 0.15) is 25.7 Å². The van der Waals surface area contributed by atoms with Gasteiger partial charge >= 0.3 is 11.8 Å². The van der Waals surface area contributed by atoms with E-state index in [1.807, 2.05) is 0 Å². The average Bonchev–Trinajstić information content (AvgIpc) is 2.66. The van der Waals surface area contributed by atoms with E-state index in [1.165, 1.54) is 17.2 Å². The molecule has 1 amide bonds. The fraction of sp³-hybridized carbons (Fsp3) is 0.875. The van der Waals surface area contributed by atoms with E-state index in [0.717, 1.165) is 25.7 Å². The maximum Gasteiger partial charge on any atom is 0.334 e. The van der Waals surface area contributed by atoms with Crippen molar-refractivity contribution in [2.45, 2.75) is 36.9 Å². The van der Waals surface area contributed by atoms with Crippen molar-refractivity contribution in [1.29, 1.82) is 0 Å². The van der Waals surface area contributed by atoms with Gasteiger partial charge in [-0.2, -0.15) is 20.5 Å². The Bertz CT molecular complexity index is 208. The molecule has 1 aliphatic carbocycles. The number of hydrogen-bond donors (Lipinski definition) is 2. The molecule has 0 atom stereocenters. The third-order valence-corrected chi connectivity index (χ3v) is 3.74. The molecule has 1 saturated carbocycles. The first kappa shape index (κ1) is 11.7. The monoisotopic (exact) mass is 224 g/mol. The standard InChI is InChI=1S/C8H14F2N2OS/c9-8(10,7(13)12-11)5-14-6-3-1-2-4-6/h6H,1-5,11H2,(H,12,13). The number of amides is 1. The van der Waals surface area contributed by atoms with Crippen molar-refractivity contribution in [2.75, 3.05) is 5.75 Å². The first-order chi connectivity index (χ1) is 6.56. The molecule has 82 valence electrons. The van der Waals surface area contributed by atoms with Crippen LogP contribution in [0.25, 0.3) is 0 Å². The van der Waals surface area contributed by atoms with Crippen LogP contribution in [0.2, 0.25) is 0 Å². The third-order valence-electron chi connectivity index (χ3n) is 2.27. The lowest BCUT2D eigenvalue weighted by molar-refractivity contribution is -0.142. The van der Waals surface area contributed by atoms with E-state index in [4.69, 9.17) is 0 Å². The number of carbonyl (C=O) groups excluding carboxylic acids is 1. The predicted molar refractivity (Wildman–Crippen MR) is 52.0 cm³/mol. The molecular formula is C8H14F2N2OS. The van der Waals surface area contributed by atoms with Gasteiger partial charge in [0.15, 0.2) is 0 Å². The number of hydrazine groups is 1. The molecular weight excluding hydrogens is 210 g/mol. The summed E-state index contributed by atoms with van der Waals surface area (Å²) in [7, 11) is 0. The van der Waals surface area contributed by atoms with Crippen LogP contribution < -0.4 is 11.3 Å². The Kier molecular flexibility index (Phi) is 4.12. The predicted octanol–water partition coefficient (Wildman–Crippen LogP) is 1.29. The first-order valence-electron chi connectivity index (χ1n) is 4.57. The Morgan fingerprint density at radius 1 is 1.50 bits per heavy atom. The van der Waals surface area contributed by atoms with Gasteiger partial charge in [0.25, 0.3) is 0 Å². The molecule has 0 saturated heterocycles. The Hall–Kier alpha value is -0.360. The van der Waals surface area contributed by atoms with Gasteiger partial charge in [0.05, 0.1) is 5.75 Å². The van der Waals surface area contributed by atoms with E-state index in [1.54, 1.807) is 0 Å². The Morgan fingerprint density at radius 2 is 2.07 bits per heavy atom. The summed E-state index contributed by atoms with van der Waals surface area (Å²) in [6.07, 6.45) is 4.16. The van der Waals surface area contributed by atoms with Gasteiger partial charge in [-0.15, -0.1) is 0 Å². The van der Waals surface area contributed by atoms with Crippen LogP contribution in [-0.4, -0.2) is 22.8 Å². The second-order valence-corrected chi connectivity index (χ2v) is 4.68. The molecule has 3 nitrogen and oxygen atoms in total. The van der Waals surface area contributed by atoms with Crippen LogP contribution in [0.3, 0.4) is 0 Å². The van der Waals surface area contributed by atoms with Crippen molar-refractivity contribution >= 4 is 17.7 Å². The Labute approximate surface area is 85.8 Å². The van der Waals surface area contributed by atoms with Crippen LogP contribution in [-0.2, 0) is 4.79 Å². The maximum absolute atomic E-state index is 13.0. The SMILES string of the molecule is NNC(=O)C(F)(F)CSC1CCCC1. The summed E-state index contributed by atoms with van der Waals surface area (Å²) in [5.41, 5.74) is 1.48. The summed E-state index contributed by atoms with van der Waals surface area (Å²) in [5, 5.41) is 0.284. The highest BCUT2D eigenvalue weighted by Gasteiger charge is 2.39. The number of carbonyl (C=O) groups is 1. The second kappa shape index (κ2) is 4.93. The van der Waals surface area contributed by atoms with E-state index in [0.29, 0.717) is 0 Å². The number of nitrogens with one attached hydrogen (secondary N) is 1. The van der Waals surface area contributed by atoms with Crippen LogP contribution in [0.5, 0.6) is 0 Å². The minimum absolute atomic E-state index is 0.284. The van der Waals surface area contributed by atoms with Crippen molar-refractivity contribution in [2.24, 2.45) is 5.84 Å². The summed E-state index contributed by atoms with van der Waals surface area (Å²) < 4.78 is 25.9. The molecule has 0 aliphatic heterocycles. The molecule has 0 bridgehead atoms. The number of nitrogens with two attached hydrogens (primary N) is 1. The van der Waals surface area contributed by atoms with Gasteiger partial charge in [0, 0.05) is 5.25 Å². The van der Waals surface area contributed by atoms with Crippen molar-refractivity contribution in [3.05, 3.63) is 0 Å². The molecule has 3 N–H and O–H groups in total. The highest BCUT2D eigenvalue weighted by atomic mass is 32.2. The zero-order valence-corrected chi connectivity index (χ0v) is 8.58. The summed E-state index contributed by atoms with van der Waals surface area (Å²) >= 11 is 1.17. The van der Waals surface area contributed by atoms with E-state index in [2.05, 4.69) is 5.84 Å². The number of thioether (sulfide) groups is 1. The maximum atomic E-state index is 13.0. The highest BCUT2D eigenvalue weighted by molar-refractivity contribution is 8.00. The molecule has 0 spiro atoms. The molecule has 0 heterocycles. The number of halogens is 2. The number of hydrogen-bond acceptors (Lipinski definition) is 3. The Balaban J connectivity index is 2.31. The number of alkyl halides is 2. The molecule has 0 aromatic heterocycles. The van der Waals surface area contributed by atoms with Gasteiger partial charge in [-0.3, -0.25) is 10.2 Å². The van der Waals surface area contributed by atoms with Crippen molar-refractivity contribution in [1.82, 2.24) is 5.43 Å². The van der Waals surface area contributed by atoms with Gasteiger partial charge < -0.3 is 0 Å². The van der Waals surface area contributed by atoms with Gasteiger partial charge in [0.2, 0.25) is 0 Å². The van der Waals surface area contributed by atoms with Gasteiger partial charge in [0.1, 0.15) is 0 Å². The lowest BCUT2D eigenvalue weighted by Gasteiger charge is -2.16. The summed E-state index contributed by atoms with van der Waals surface area (Å²) in [6, 6.07) is 0. The smallest absolute Gasteiger partial charge is 0.289 e. The molecule has 14 heavy (non-hydrogen) atoms. The zero-order valence-electron chi connectivity index (χ0n) is 7.76. The highest BCUT2D eigenvalue weighted by Crippen LogP contribution is 2.32. The Morgan fingerprint density at radius 3 is 2.57 bits per heavy atom. The van der Waals surface area contributed by atoms with Crippen molar-refractivity contribution in [3.8, 4) is 0 Å². The fourth-order valence-electron chi connectivity index (χ4n) is 1.45. The topological polar surface area (TPSA) is 55.1 Å². The lowest BCUT2D eigenvalue weighted by Crippen LogP contribution is -2.45. The zero-order chi connectivity index (χ0) is 10.6. The summed E-state index contributed by atoms with van der Waals surface area (Å²) in [6.45, 7) is 0. The minimum atomic E-state index is -3.35. The number of rotatable bonds is 4. The summed E-state index contributed by atoms with van der Waals surface area (Å²) in [5.74, 6) is -0.564. The normalized spacial score (nSPS) is 18.5. The molecule has 1 rings (SSSR count). The van der Waals surface area contributed by atoms with Crippen LogP contribution in [0.15, 0.2) is 0 Å². The van der Waals surface area contributed by atoms with Crippen molar-refractivity contribution in [3.63, 3.8) is 0 Å². The van der Waals surface area contributed by atoms with Crippen LogP contribution >= 0.6 is 11.8 Å². The van der Waals surface area contributed by atoms with Crippen LogP contribution in [0.4, 0.5) is 8.78 Å². The van der Waals surface area contributed by atoms with Crippen LogP contribution in [0, 0.1) is 0 Å². The second-order valence-electron chi connectivity index (χ2n) is 3.40. The molecule has 0 aromatic rings. The van der Waals surface area contributed by atoms with E-state index >= 15 is 0 Å². The van der Waals surface area contributed by atoms with Gasteiger partial charge in [-0.05, 0) is 12.8 Å². The van der Waals surface area contributed by atoms with Crippen molar-refractivity contribution < 1.29 is 13.6 Å². The molecule has 0 aromatic carbocycles. The summed E-state index contributed by atoms with van der Waals surface area (Å²) in [4.78, 5) is 10.6. The lowest BCUT2D eigenvalue weighted by atomic mass is 10.4. The van der Waals surface area contributed by atoms with E-state index in [9.17, 15) is 13.6 Å². The van der Waals surface area contributed by atoms with Gasteiger partial charge in [-0.25, -0.2) is 5.84 Å². The van der Waals surface area contributed by atoms with E-state index in [-0.39, 0.29) is 5.25 Å². The fourth-order valence-corrected chi connectivity index (χ4v) is 2.69. The average molecular weight is 224 g/mol. The largest absolute Gasteiger partial charge is 0.334 e. The molecule has 0 unspecified atom stereocenters. The van der Waals surface area contributed by atoms with Gasteiger partial charge in [-0.1, -0.05) is 12.8 Å². The minimum Gasteiger partial charge on any atom is -0.289 e. The molecule has 6 heteroatoms. The molecule has 1 aliphatic rings. The quantitative estimate of drug-likeness (QED) is 0.430. The van der Waals surface area contributed by atoms with E-state index < -0.39 is 17.6 Å². The molecule has 1 fully saturated rings. The third kappa shape index (κ3) is 3.09. The molecule has 0 radical (unpaired) electrons.